The minimum atomic E-state index is -4.77. The van der Waals surface area contributed by atoms with Crippen LogP contribution in [0, 0.1) is 0 Å². The van der Waals surface area contributed by atoms with Gasteiger partial charge in [-0.25, -0.2) is 0 Å². The Bertz CT molecular complexity index is 703. The zero-order valence-electron chi connectivity index (χ0n) is 14.0. The fourth-order valence-electron chi connectivity index (χ4n) is 2.35. The fourth-order valence-corrected chi connectivity index (χ4v) is 2.42. The van der Waals surface area contributed by atoms with E-state index in [1.807, 2.05) is 6.92 Å². The lowest BCUT2D eigenvalue weighted by molar-refractivity contribution is -0.138. The number of amides is 1. The second kappa shape index (κ2) is 8.28. The van der Waals surface area contributed by atoms with Gasteiger partial charge in [-0.1, -0.05) is 6.92 Å². The number of halogens is 3. The van der Waals surface area contributed by atoms with Gasteiger partial charge in [0.25, 0.3) is 5.91 Å². The maximum atomic E-state index is 13.1. The lowest BCUT2D eigenvalue weighted by Crippen LogP contribution is -2.37. The van der Waals surface area contributed by atoms with Gasteiger partial charge in [0.1, 0.15) is 5.75 Å². The number of hydrogen-bond acceptors (Lipinski definition) is 5. The second-order valence-corrected chi connectivity index (χ2v) is 5.61. The van der Waals surface area contributed by atoms with Crippen LogP contribution < -0.4 is 10.6 Å². The van der Waals surface area contributed by atoms with Crippen LogP contribution in [0.2, 0.25) is 0 Å². The molecule has 9 heteroatoms. The summed E-state index contributed by atoms with van der Waals surface area (Å²) in [7, 11) is 1.53. The number of anilines is 1. The number of nitrogens with two attached hydrogens (primary N) is 1. The normalized spacial score (nSPS) is 14.0. The van der Waals surface area contributed by atoms with E-state index in [4.69, 9.17) is 5.73 Å². The number of alkyl halides is 3. The lowest BCUT2D eigenvalue weighted by Gasteiger charge is -2.30. The Morgan fingerprint density at radius 2 is 2.08 bits per heavy atom. The molecule has 1 amide bonds. The number of hydrogen-bond donors (Lipinski definition) is 3. The molecule has 0 spiro atoms. The first-order chi connectivity index (χ1) is 11.5. The van der Waals surface area contributed by atoms with Crippen LogP contribution in [0.3, 0.4) is 0 Å². The van der Waals surface area contributed by atoms with Gasteiger partial charge in [-0.2, -0.15) is 13.2 Å². The number of phenols is 1. The largest absolute Gasteiger partial charge is 0.507 e. The van der Waals surface area contributed by atoms with Crippen LogP contribution in [-0.4, -0.2) is 29.8 Å². The number of thiol groups is 1. The van der Waals surface area contributed by atoms with Crippen molar-refractivity contribution in [3.05, 3.63) is 34.9 Å². The molecule has 0 aliphatic rings. The van der Waals surface area contributed by atoms with Crippen molar-refractivity contribution in [3.63, 3.8) is 0 Å². The molecular weight excluding hydrogens is 355 g/mol. The van der Waals surface area contributed by atoms with Crippen LogP contribution in [-0.2, 0) is 6.18 Å². The molecule has 1 unspecified atom stereocenters. The highest BCUT2D eigenvalue weighted by molar-refractivity contribution is 7.83. The highest BCUT2D eigenvalue weighted by atomic mass is 32.1. The Balaban J connectivity index is 3.49. The third kappa shape index (κ3) is 4.91. The number of aliphatic imine (C=N–C) groups is 1. The highest BCUT2D eigenvalue weighted by Crippen LogP contribution is 2.40. The molecule has 25 heavy (non-hydrogen) atoms. The number of carbonyl (C=O) groups excluding carboxylic acids is 1. The van der Waals surface area contributed by atoms with Gasteiger partial charge >= 0.3 is 6.18 Å². The van der Waals surface area contributed by atoms with Crippen LogP contribution >= 0.6 is 12.6 Å². The van der Waals surface area contributed by atoms with Crippen molar-refractivity contribution in [1.82, 2.24) is 0 Å². The van der Waals surface area contributed by atoms with E-state index in [1.165, 1.54) is 23.6 Å². The van der Waals surface area contributed by atoms with Gasteiger partial charge in [-0.05, 0) is 30.9 Å². The minimum Gasteiger partial charge on any atom is -0.507 e. The Morgan fingerprint density at radius 1 is 1.48 bits per heavy atom. The zero-order valence-corrected chi connectivity index (χ0v) is 14.9. The maximum absolute atomic E-state index is 13.1. The van der Waals surface area contributed by atoms with E-state index in [9.17, 15) is 23.1 Å². The molecule has 1 aromatic carbocycles. The van der Waals surface area contributed by atoms with E-state index in [0.29, 0.717) is 18.2 Å². The molecule has 0 saturated carbocycles. The number of phenolic OH excluding ortho intramolecular Hbond substituents is 1. The monoisotopic (exact) mass is 375 g/mol. The van der Waals surface area contributed by atoms with E-state index in [-0.39, 0.29) is 11.3 Å². The van der Waals surface area contributed by atoms with Gasteiger partial charge in [-0.15, -0.1) is 12.6 Å². The molecule has 1 rings (SSSR count). The van der Waals surface area contributed by atoms with E-state index < -0.39 is 29.4 Å². The molecule has 0 saturated heterocycles. The molecule has 3 N–H and O–H groups in total. The summed E-state index contributed by atoms with van der Waals surface area (Å²) in [5.74, 6) is -1.99. The second-order valence-electron chi connectivity index (χ2n) is 5.31. The fraction of sp³-hybridized carbons (Fsp3) is 0.375. The molecule has 138 valence electrons. The van der Waals surface area contributed by atoms with Gasteiger partial charge in [0, 0.05) is 19.0 Å². The third-order valence-corrected chi connectivity index (χ3v) is 3.93. The summed E-state index contributed by atoms with van der Waals surface area (Å²) >= 11 is 3.91. The van der Waals surface area contributed by atoms with Crippen LogP contribution in [0.1, 0.15) is 36.2 Å². The number of nitrogens with zero attached hydrogens (tertiary/aromatic N) is 2. The predicted octanol–water partition coefficient (Wildman–Crippen LogP) is 3.59. The third-order valence-electron chi connectivity index (χ3n) is 3.80. The molecule has 0 fully saturated rings. The molecule has 0 aromatic heterocycles. The van der Waals surface area contributed by atoms with Crippen molar-refractivity contribution in [2.24, 2.45) is 10.7 Å². The van der Waals surface area contributed by atoms with Gasteiger partial charge < -0.3 is 15.7 Å². The van der Waals surface area contributed by atoms with Gasteiger partial charge in [0.2, 0.25) is 0 Å². The molecule has 0 bridgehead atoms. The average Bonchev–Trinajstić information content (AvgIpc) is 2.53. The first-order valence-electron chi connectivity index (χ1n) is 7.37. The predicted molar refractivity (Wildman–Crippen MR) is 95.3 cm³/mol. The first kappa shape index (κ1) is 20.9. The number of aromatic hydroxyl groups is 1. The van der Waals surface area contributed by atoms with Crippen LogP contribution in [0.15, 0.2) is 28.7 Å². The lowest BCUT2D eigenvalue weighted by atomic mass is 10.0. The van der Waals surface area contributed by atoms with Gasteiger partial charge in [0.15, 0.2) is 0 Å². The Kier molecular flexibility index (Phi) is 6.92. The molecule has 1 aromatic rings. The Labute approximate surface area is 149 Å². The van der Waals surface area contributed by atoms with Crippen molar-refractivity contribution in [1.29, 1.82) is 0 Å². The van der Waals surface area contributed by atoms with Crippen LogP contribution in [0.4, 0.5) is 18.9 Å². The van der Waals surface area contributed by atoms with Crippen molar-refractivity contribution >= 4 is 29.9 Å². The van der Waals surface area contributed by atoms with Crippen molar-refractivity contribution in [3.8, 4) is 5.75 Å². The average molecular weight is 375 g/mol. The quantitative estimate of drug-likeness (QED) is 0.525. The van der Waals surface area contributed by atoms with Crippen molar-refractivity contribution in [2.75, 3.05) is 11.9 Å². The number of rotatable bonds is 6. The number of primary amides is 1. The molecule has 5 nitrogen and oxygen atoms in total. The molecule has 0 aliphatic heterocycles. The summed E-state index contributed by atoms with van der Waals surface area (Å²) in [6, 6.07) is 1.03. The minimum absolute atomic E-state index is 0.0406. The summed E-state index contributed by atoms with van der Waals surface area (Å²) in [5, 5.41) is 11.0. The molecule has 0 aliphatic carbocycles. The van der Waals surface area contributed by atoms with E-state index >= 15 is 0 Å². The topological polar surface area (TPSA) is 78.9 Å². The van der Waals surface area contributed by atoms with Crippen LogP contribution in [0.25, 0.3) is 0 Å². The van der Waals surface area contributed by atoms with E-state index in [1.54, 1.807) is 6.92 Å². The highest BCUT2D eigenvalue weighted by Gasteiger charge is 2.36. The standard InChI is InChI=1S/C16H20F3N3O2S/c1-4-12(21-5-6-25)9(2)22(3)13-8-11(16(17,18)19)14(23)7-10(13)15(20)24/h5-9,23,25H,4H2,1-3H3,(H2,20,24)/b6-5+,21-12+. The van der Waals surface area contributed by atoms with Gasteiger partial charge in [-0.3, -0.25) is 9.79 Å². The molecule has 0 radical (unpaired) electrons. The Hall–Kier alpha value is -2.16. The number of carbonyl (C=O) groups is 1. The SMILES string of the molecule is CC/C(=N\C=C\S)C(C)N(C)c1cc(C(F)(F)F)c(O)cc1C(N)=O. The first-order valence-corrected chi connectivity index (χ1v) is 7.88. The summed E-state index contributed by atoms with van der Waals surface area (Å²) in [6.45, 7) is 3.59. The van der Waals surface area contributed by atoms with Crippen LogP contribution in [0.5, 0.6) is 5.75 Å². The van der Waals surface area contributed by atoms with E-state index in [2.05, 4.69) is 17.6 Å². The van der Waals surface area contributed by atoms with Crippen molar-refractivity contribution in [2.45, 2.75) is 32.5 Å². The summed E-state index contributed by atoms with van der Waals surface area (Å²) in [4.78, 5) is 17.3. The Morgan fingerprint density at radius 3 is 2.52 bits per heavy atom. The van der Waals surface area contributed by atoms with Crippen molar-refractivity contribution < 1.29 is 23.1 Å². The van der Waals surface area contributed by atoms with E-state index in [0.717, 1.165) is 6.07 Å². The molecular formula is C16H20F3N3O2S. The summed E-state index contributed by atoms with van der Waals surface area (Å²) in [5.41, 5.74) is 4.44. The van der Waals surface area contributed by atoms with Gasteiger partial charge in [0.05, 0.1) is 22.9 Å². The molecule has 1 atom stereocenters. The maximum Gasteiger partial charge on any atom is 0.420 e. The molecule has 0 heterocycles. The zero-order chi connectivity index (χ0) is 19.4. The summed E-state index contributed by atoms with van der Waals surface area (Å²) in [6.07, 6.45) is -2.77. The number of benzene rings is 1. The summed E-state index contributed by atoms with van der Waals surface area (Å²) < 4.78 is 39.2. The smallest absolute Gasteiger partial charge is 0.420 e.